The first kappa shape index (κ1) is 30.4. The van der Waals surface area contributed by atoms with Crippen LogP contribution >= 0.6 is 0 Å². The average Bonchev–Trinajstić information content (AvgIpc) is 2.87. The minimum atomic E-state index is -2.86. The van der Waals surface area contributed by atoms with E-state index in [1.165, 1.54) is 19.9 Å². The van der Waals surface area contributed by atoms with Crippen molar-refractivity contribution < 1.29 is 44.4 Å². The van der Waals surface area contributed by atoms with Crippen LogP contribution in [0.4, 0.5) is 0 Å². The summed E-state index contributed by atoms with van der Waals surface area (Å²) in [6.45, 7) is 12.3. The Morgan fingerprint density at radius 1 is 1.00 bits per heavy atom. The second kappa shape index (κ2) is 9.48. The number of hydrogen-bond donors (Lipinski definition) is 4. The molecule has 4 rings (SSSR count). The van der Waals surface area contributed by atoms with Gasteiger partial charge in [0.1, 0.15) is 28.6 Å². The average molecular weight is 567 g/mol. The first-order valence-corrected chi connectivity index (χ1v) is 13.9. The highest BCUT2D eigenvalue weighted by atomic mass is 16.3. The van der Waals surface area contributed by atoms with E-state index in [4.69, 9.17) is 0 Å². The van der Waals surface area contributed by atoms with Crippen molar-refractivity contribution >= 4 is 34.7 Å². The highest BCUT2D eigenvalue weighted by Gasteiger charge is 2.76. The van der Waals surface area contributed by atoms with Crippen LogP contribution in [0.25, 0.3) is 5.76 Å². The molecule has 0 radical (unpaired) electrons. The number of benzene rings is 1. The topological polar surface area (TPSA) is 166 Å². The molecular weight excluding hydrogens is 528 g/mol. The van der Waals surface area contributed by atoms with E-state index in [2.05, 4.69) is 0 Å². The van der Waals surface area contributed by atoms with Crippen LogP contribution < -0.4 is 0 Å². The predicted octanol–water partition coefficient (Wildman–Crippen LogP) is 4.55. The summed E-state index contributed by atoms with van der Waals surface area (Å²) in [6.07, 6.45) is -0.0825. The van der Waals surface area contributed by atoms with Gasteiger partial charge in [0.25, 0.3) is 0 Å². The molecule has 0 aromatic heterocycles. The quantitative estimate of drug-likeness (QED) is 0.285. The first-order valence-electron chi connectivity index (χ1n) is 13.9. The zero-order valence-electron chi connectivity index (χ0n) is 24.7. The molecule has 1 aromatic carbocycles. The van der Waals surface area contributed by atoms with Crippen LogP contribution in [0.1, 0.15) is 95.6 Å². The van der Waals surface area contributed by atoms with Crippen LogP contribution in [-0.2, 0) is 19.2 Å². The molecule has 3 aliphatic rings. The molecule has 9 nitrogen and oxygen atoms in total. The third kappa shape index (κ3) is 3.54. The van der Waals surface area contributed by atoms with Gasteiger partial charge in [-0.15, -0.1) is 0 Å². The van der Waals surface area contributed by atoms with Crippen molar-refractivity contribution in [1.29, 1.82) is 0 Å². The van der Waals surface area contributed by atoms with Gasteiger partial charge in [-0.1, -0.05) is 47.6 Å². The number of aromatic hydroxyl groups is 1. The Labute approximate surface area is 239 Å². The highest BCUT2D eigenvalue weighted by molar-refractivity contribution is 6.24. The van der Waals surface area contributed by atoms with Gasteiger partial charge in [0.05, 0.1) is 11.1 Å². The molecule has 6 atom stereocenters. The second-order valence-electron chi connectivity index (χ2n) is 12.5. The van der Waals surface area contributed by atoms with E-state index in [9.17, 15) is 44.4 Å². The molecule has 0 aliphatic heterocycles. The van der Waals surface area contributed by atoms with Gasteiger partial charge >= 0.3 is 0 Å². The number of aliphatic hydroxyl groups is 3. The van der Waals surface area contributed by atoms with Crippen molar-refractivity contribution in [3.05, 3.63) is 45.7 Å². The molecule has 0 spiro atoms. The van der Waals surface area contributed by atoms with Crippen LogP contribution in [0.3, 0.4) is 0 Å². The van der Waals surface area contributed by atoms with Gasteiger partial charge in [0.2, 0.25) is 5.78 Å². The van der Waals surface area contributed by atoms with Crippen LogP contribution in [-0.4, -0.2) is 54.9 Å². The number of ketones is 5. The van der Waals surface area contributed by atoms with E-state index in [1.54, 1.807) is 40.7 Å². The number of aliphatic hydroxyl groups excluding tert-OH is 2. The van der Waals surface area contributed by atoms with E-state index in [0.717, 1.165) is 6.92 Å². The van der Waals surface area contributed by atoms with E-state index in [-0.39, 0.29) is 35.3 Å². The molecule has 0 heterocycles. The molecule has 1 saturated carbocycles. The molecule has 0 bridgehead atoms. The fraction of sp³-hybridized carbons (Fsp3) is 0.531. The number of hydrogen-bond acceptors (Lipinski definition) is 9. The molecule has 0 saturated heterocycles. The molecule has 41 heavy (non-hydrogen) atoms. The third-order valence-electron chi connectivity index (χ3n) is 10.4. The monoisotopic (exact) mass is 566 g/mol. The third-order valence-corrected chi connectivity index (χ3v) is 10.4. The van der Waals surface area contributed by atoms with Gasteiger partial charge < -0.3 is 20.4 Å². The predicted molar refractivity (Wildman–Crippen MR) is 149 cm³/mol. The summed E-state index contributed by atoms with van der Waals surface area (Å²) >= 11 is 0. The summed E-state index contributed by atoms with van der Waals surface area (Å²) < 4.78 is 0. The van der Waals surface area contributed by atoms with Gasteiger partial charge in [-0.05, 0) is 43.2 Å². The van der Waals surface area contributed by atoms with Crippen LogP contribution in [0.5, 0.6) is 5.75 Å². The smallest absolute Gasteiger partial charge is 0.203 e. The summed E-state index contributed by atoms with van der Waals surface area (Å²) in [5, 5.41) is 46.8. The summed E-state index contributed by atoms with van der Waals surface area (Å²) in [5.41, 5.74) is -6.87. The van der Waals surface area contributed by atoms with Crippen LogP contribution in [0.2, 0.25) is 0 Å². The largest absolute Gasteiger partial charge is 0.508 e. The van der Waals surface area contributed by atoms with Crippen molar-refractivity contribution in [1.82, 2.24) is 0 Å². The molecule has 4 N–H and O–H groups in total. The minimum Gasteiger partial charge on any atom is -0.508 e. The molecule has 1 unspecified atom stereocenters. The maximum Gasteiger partial charge on any atom is 0.203 e. The summed E-state index contributed by atoms with van der Waals surface area (Å²) in [6, 6.07) is 3.01. The second-order valence-corrected chi connectivity index (χ2v) is 12.5. The molecule has 220 valence electrons. The number of rotatable bonds is 6. The lowest BCUT2D eigenvalue weighted by Gasteiger charge is -2.65. The Balaban J connectivity index is 2.24. The lowest BCUT2D eigenvalue weighted by atomic mass is 9.37. The summed E-state index contributed by atoms with van der Waals surface area (Å²) in [4.78, 5) is 66.6. The zero-order valence-corrected chi connectivity index (χ0v) is 24.7. The van der Waals surface area contributed by atoms with Gasteiger partial charge in [-0.2, -0.15) is 0 Å². The Hall–Kier alpha value is -3.59. The van der Waals surface area contributed by atoms with E-state index in [1.807, 2.05) is 0 Å². The van der Waals surface area contributed by atoms with Crippen molar-refractivity contribution in [3.8, 4) is 5.75 Å². The normalized spacial score (nSPS) is 33.0. The Morgan fingerprint density at radius 2 is 1.59 bits per heavy atom. The molecule has 9 heteroatoms. The maximum atomic E-state index is 14.7. The maximum absolute atomic E-state index is 14.7. The first-order chi connectivity index (χ1) is 18.9. The van der Waals surface area contributed by atoms with Crippen molar-refractivity contribution in [2.24, 2.45) is 28.6 Å². The SMILES string of the molecule is CCC(=O)C[C@@H]1[C@]2(C)C(=C(O)c3c(ccc(C(C)=O)c3O)[C@H]2C)C(=O)[C@@]2(O)C(O)=C(C(C)=O)C(=O)C(C(C)C)[C@@]12C. The molecule has 1 fully saturated rings. The number of allylic oxidation sites excluding steroid dienone is 1. The number of phenols is 1. The van der Waals surface area contributed by atoms with Crippen molar-refractivity contribution in [2.75, 3.05) is 0 Å². The molecule has 0 amide bonds. The minimum absolute atomic E-state index is 0.0824. The van der Waals surface area contributed by atoms with E-state index >= 15 is 0 Å². The lowest BCUT2D eigenvalue weighted by Crippen LogP contribution is -2.73. The number of phenolic OH excluding ortho intramolecular Hbond substituents is 1. The van der Waals surface area contributed by atoms with E-state index < -0.39 is 86.1 Å². The summed E-state index contributed by atoms with van der Waals surface area (Å²) in [5.74, 6) is -9.04. The standard InChI is InChI=1S/C32H38O9/c1-9-17(35)12-20-30(7)14(4)18-10-11-19(15(5)33)25(36)22(18)27(38)24(30)29(40)32(41)28(39)21(16(6)34)26(37)23(13(2)3)31(20,32)8/h10-11,13-14,20,23,36,38-39,41H,9,12H2,1-8H3/t14-,20-,23?,30-,31-,32+/m1/s1. The Bertz CT molecular complexity index is 1490. The van der Waals surface area contributed by atoms with Crippen molar-refractivity contribution in [3.63, 3.8) is 0 Å². The van der Waals surface area contributed by atoms with Gasteiger partial charge in [0, 0.05) is 35.2 Å². The Morgan fingerprint density at radius 3 is 2.07 bits per heavy atom. The Kier molecular flexibility index (Phi) is 7.02. The fourth-order valence-electron chi connectivity index (χ4n) is 8.21. The van der Waals surface area contributed by atoms with Gasteiger partial charge in [-0.25, -0.2) is 0 Å². The number of Topliss-reactive ketones (excluding diaryl/α,β-unsaturated/α-hetero) is 5. The fourth-order valence-corrected chi connectivity index (χ4v) is 8.21. The number of fused-ring (bicyclic) bond motifs is 3. The lowest BCUT2D eigenvalue weighted by molar-refractivity contribution is -0.199. The highest BCUT2D eigenvalue weighted by Crippen LogP contribution is 2.71. The zero-order chi connectivity index (χ0) is 31.1. The number of carbonyl (C=O) groups is 5. The van der Waals surface area contributed by atoms with Gasteiger partial charge in [0.15, 0.2) is 23.0 Å². The van der Waals surface area contributed by atoms with E-state index in [0.29, 0.717) is 5.56 Å². The molecule has 1 aromatic rings. The number of carbonyl (C=O) groups excluding carboxylic acids is 5. The summed E-state index contributed by atoms with van der Waals surface area (Å²) in [7, 11) is 0. The van der Waals surface area contributed by atoms with Crippen LogP contribution in [0, 0.1) is 28.6 Å². The van der Waals surface area contributed by atoms with Crippen LogP contribution in [0.15, 0.2) is 29.0 Å². The molecular formula is C32H38O9. The molecule has 3 aliphatic carbocycles. The van der Waals surface area contributed by atoms with Gasteiger partial charge in [-0.3, -0.25) is 24.0 Å². The van der Waals surface area contributed by atoms with Crippen molar-refractivity contribution in [2.45, 2.75) is 79.8 Å².